The first kappa shape index (κ1) is 29.0. The lowest BCUT2D eigenvalue weighted by Gasteiger charge is -2.17. The number of aromatic nitrogens is 2. The number of hydrogen-bond acceptors (Lipinski definition) is 9. The number of rotatable bonds is 12. The minimum Gasteiger partial charge on any atom is -0.504 e. The molecule has 0 radical (unpaired) electrons. The molecule has 0 aliphatic carbocycles. The molecule has 2 aromatic carbocycles. The molecule has 0 aliphatic rings. The van der Waals surface area contributed by atoms with E-state index in [1.54, 1.807) is 62.9 Å². The van der Waals surface area contributed by atoms with E-state index in [9.17, 15) is 14.8 Å². The molecule has 0 fully saturated rings. The van der Waals surface area contributed by atoms with Gasteiger partial charge in [0.05, 0.1) is 14.2 Å². The topological polar surface area (TPSA) is 120 Å². The van der Waals surface area contributed by atoms with Crippen molar-refractivity contribution in [3.63, 3.8) is 0 Å². The van der Waals surface area contributed by atoms with Gasteiger partial charge in [-0.1, -0.05) is 12.1 Å². The lowest BCUT2D eigenvalue weighted by molar-refractivity contribution is 0.129. The van der Waals surface area contributed by atoms with Gasteiger partial charge in [-0.2, -0.15) is 0 Å². The van der Waals surface area contributed by atoms with Gasteiger partial charge in [0, 0.05) is 42.2 Å². The van der Waals surface area contributed by atoms with Crippen molar-refractivity contribution in [1.29, 1.82) is 0 Å². The minimum absolute atomic E-state index is 0.0280. The van der Waals surface area contributed by atoms with Crippen molar-refractivity contribution in [3.8, 4) is 23.0 Å². The fraction of sp³-hybridized carbons (Fsp3) is 0.267. The van der Waals surface area contributed by atoms with Gasteiger partial charge >= 0.3 is 8.25 Å². The van der Waals surface area contributed by atoms with Crippen LogP contribution in [0.3, 0.4) is 0 Å². The normalized spacial score (nSPS) is 12.9. The van der Waals surface area contributed by atoms with Gasteiger partial charge in [0.25, 0.3) is 0 Å². The van der Waals surface area contributed by atoms with Gasteiger partial charge in [-0.15, -0.1) is 9.05 Å². The highest BCUT2D eigenvalue weighted by Gasteiger charge is 2.35. The Labute approximate surface area is 234 Å². The number of phenols is 2. The minimum atomic E-state index is -2.66. The van der Waals surface area contributed by atoms with Gasteiger partial charge in [0.1, 0.15) is 12.2 Å². The summed E-state index contributed by atoms with van der Waals surface area (Å²) in [6, 6.07) is 14.3. The fourth-order valence-electron chi connectivity index (χ4n) is 4.36. The second-order valence-corrected chi connectivity index (χ2v) is 10.2. The van der Waals surface area contributed by atoms with Crippen LogP contribution in [0.5, 0.6) is 23.0 Å². The van der Waals surface area contributed by atoms with Crippen molar-refractivity contribution >= 4 is 8.25 Å². The summed E-state index contributed by atoms with van der Waals surface area (Å²) in [4.78, 5) is 8.36. The largest absolute Gasteiger partial charge is 0.698 e. The molecule has 40 heavy (non-hydrogen) atoms. The summed E-state index contributed by atoms with van der Waals surface area (Å²) in [5, 5.41) is 20.7. The number of pyridine rings is 2. The Kier molecular flexibility index (Phi) is 9.66. The smallest absolute Gasteiger partial charge is 0.504 e. The molecule has 4 rings (SSSR count). The molecule has 0 bridgehead atoms. The molecular weight excluding hydrogens is 531 g/mol. The number of hydrogen-bond donors (Lipinski definition) is 2. The van der Waals surface area contributed by atoms with Crippen LogP contribution in [-0.4, -0.2) is 34.4 Å². The fourth-order valence-corrected chi connectivity index (χ4v) is 5.22. The van der Waals surface area contributed by atoms with Crippen molar-refractivity contribution < 1.29 is 33.3 Å². The quantitative estimate of drug-likeness (QED) is 0.187. The molecule has 4 aromatic rings. The molecule has 10 heteroatoms. The number of aromatic hydroxyl groups is 2. The zero-order chi connectivity index (χ0) is 28.6. The summed E-state index contributed by atoms with van der Waals surface area (Å²) < 4.78 is 36.3. The SMILES string of the molecule is COc1cc(C(Cc2cccnc2)O[P+](=O)OC(Cc2cccnc2)c2cc(C)c(O)c(OC)c2)cc(C)c1O. The second-order valence-electron chi connectivity index (χ2n) is 9.32. The van der Waals surface area contributed by atoms with E-state index in [2.05, 4.69) is 9.97 Å². The molecule has 0 saturated heterocycles. The third kappa shape index (κ3) is 7.12. The zero-order valence-corrected chi connectivity index (χ0v) is 23.7. The highest BCUT2D eigenvalue weighted by Crippen LogP contribution is 2.44. The summed E-state index contributed by atoms with van der Waals surface area (Å²) in [6.45, 7) is 3.51. The number of ether oxygens (including phenoxy) is 2. The Balaban J connectivity index is 1.65. The van der Waals surface area contributed by atoms with E-state index in [4.69, 9.17) is 18.5 Å². The van der Waals surface area contributed by atoms with Gasteiger partial charge < -0.3 is 19.7 Å². The van der Waals surface area contributed by atoms with E-state index in [1.165, 1.54) is 14.2 Å². The monoisotopic (exact) mass is 563 g/mol. The highest BCUT2D eigenvalue weighted by molar-refractivity contribution is 7.33. The maximum absolute atomic E-state index is 13.5. The average molecular weight is 564 g/mol. The Morgan fingerprint density at radius 3 is 1.52 bits per heavy atom. The number of phenolic OH excluding ortho intramolecular Hbond substituents is 2. The summed E-state index contributed by atoms with van der Waals surface area (Å²) >= 11 is 0. The molecule has 2 atom stereocenters. The van der Waals surface area contributed by atoms with Crippen molar-refractivity contribution in [2.75, 3.05) is 14.2 Å². The second kappa shape index (κ2) is 13.3. The number of aryl methyl sites for hydroxylation is 2. The molecule has 2 unspecified atom stereocenters. The lowest BCUT2D eigenvalue weighted by atomic mass is 10.00. The summed E-state index contributed by atoms with van der Waals surface area (Å²) in [6.07, 6.45) is 6.08. The first-order valence-corrected chi connectivity index (χ1v) is 13.7. The number of benzene rings is 2. The molecule has 0 amide bonds. The summed E-state index contributed by atoms with van der Waals surface area (Å²) in [5.74, 6) is 0.625. The van der Waals surface area contributed by atoms with Crippen LogP contribution in [0.1, 0.15) is 45.6 Å². The van der Waals surface area contributed by atoms with E-state index >= 15 is 0 Å². The van der Waals surface area contributed by atoms with Crippen LogP contribution in [0.25, 0.3) is 0 Å². The van der Waals surface area contributed by atoms with Gasteiger partial charge in [-0.05, 0) is 83.6 Å². The molecule has 208 valence electrons. The van der Waals surface area contributed by atoms with E-state index in [-0.39, 0.29) is 23.0 Å². The standard InChI is InChI=1S/C30H31N2O7P/c1-19-11-23(15-27(36-3)29(19)33)25(13-21-7-5-9-31-17-21)38-40(35)39-26(14-22-8-6-10-32-18-22)24-12-20(2)30(34)28(16-24)37-4/h5-12,15-18,25-26H,13-14H2,1-4H3,(H-,33,34)/p+1. The van der Waals surface area contributed by atoms with Crippen molar-refractivity contribution in [2.45, 2.75) is 38.9 Å². The molecule has 2 N–H and O–H groups in total. The molecular formula is C30H32N2O7P+. The van der Waals surface area contributed by atoms with Crippen LogP contribution in [0, 0.1) is 13.8 Å². The molecule has 2 heterocycles. The zero-order valence-electron chi connectivity index (χ0n) is 22.8. The molecule has 0 aliphatic heterocycles. The van der Waals surface area contributed by atoms with E-state index in [0.29, 0.717) is 35.1 Å². The Bertz CT molecular complexity index is 1340. The van der Waals surface area contributed by atoms with E-state index in [1.807, 2.05) is 24.3 Å². The van der Waals surface area contributed by atoms with E-state index in [0.717, 1.165) is 11.1 Å². The van der Waals surface area contributed by atoms with Crippen LogP contribution < -0.4 is 9.47 Å². The highest BCUT2D eigenvalue weighted by atomic mass is 31.1. The number of methoxy groups -OCH3 is 2. The third-order valence-corrected chi connectivity index (χ3v) is 7.33. The number of nitrogens with zero attached hydrogens (tertiary/aromatic N) is 2. The van der Waals surface area contributed by atoms with Crippen LogP contribution in [0.15, 0.2) is 73.3 Å². The van der Waals surface area contributed by atoms with Crippen molar-refractivity contribution in [1.82, 2.24) is 9.97 Å². The summed E-state index contributed by atoms with van der Waals surface area (Å²) in [7, 11) is 0.277. The Morgan fingerprint density at radius 1 is 0.750 bits per heavy atom. The molecule has 0 spiro atoms. The van der Waals surface area contributed by atoms with Gasteiger partial charge in [-0.25, -0.2) is 0 Å². The van der Waals surface area contributed by atoms with Crippen LogP contribution in [0.2, 0.25) is 0 Å². The Morgan fingerprint density at radius 2 is 1.18 bits per heavy atom. The lowest BCUT2D eigenvalue weighted by Crippen LogP contribution is -2.09. The molecule has 2 aromatic heterocycles. The first-order chi connectivity index (χ1) is 19.3. The van der Waals surface area contributed by atoms with Gasteiger partial charge in [0.2, 0.25) is 0 Å². The van der Waals surface area contributed by atoms with Crippen LogP contribution >= 0.6 is 8.25 Å². The third-order valence-electron chi connectivity index (χ3n) is 6.47. The Hall–Kier alpha value is -4.04. The van der Waals surface area contributed by atoms with Crippen molar-refractivity contribution in [3.05, 3.63) is 107 Å². The van der Waals surface area contributed by atoms with Crippen LogP contribution in [0.4, 0.5) is 0 Å². The van der Waals surface area contributed by atoms with Crippen molar-refractivity contribution in [2.24, 2.45) is 0 Å². The van der Waals surface area contributed by atoms with Gasteiger partial charge in [0.15, 0.2) is 23.0 Å². The summed E-state index contributed by atoms with van der Waals surface area (Å²) in [5.41, 5.74) is 4.23. The van der Waals surface area contributed by atoms with Gasteiger partial charge in [-0.3, -0.25) is 9.97 Å². The maximum Gasteiger partial charge on any atom is 0.698 e. The van der Waals surface area contributed by atoms with E-state index < -0.39 is 20.5 Å². The first-order valence-electron chi connectivity index (χ1n) is 12.6. The predicted molar refractivity (Wildman–Crippen MR) is 150 cm³/mol. The predicted octanol–water partition coefficient (Wildman–Crippen LogP) is 6.48. The molecule has 0 saturated carbocycles. The maximum atomic E-state index is 13.5. The van der Waals surface area contributed by atoms with Crippen LogP contribution in [-0.2, 0) is 26.5 Å². The molecule has 9 nitrogen and oxygen atoms in total. The average Bonchev–Trinajstić information content (AvgIpc) is 2.96.